The highest BCUT2D eigenvalue weighted by Gasteiger charge is 2.19. The Morgan fingerprint density at radius 1 is 1.50 bits per heavy atom. The van der Waals surface area contributed by atoms with Crippen LogP contribution >= 0.6 is 15.9 Å². The molecule has 92 valence electrons. The lowest BCUT2D eigenvalue weighted by atomic mass is 10.0. The molecule has 0 bridgehead atoms. The van der Waals surface area contributed by atoms with Gasteiger partial charge in [-0.2, -0.15) is 5.10 Å². The van der Waals surface area contributed by atoms with Crippen LogP contribution in [0.3, 0.4) is 0 Å². The maximum absolute atomic E-state index is 5.95. The van der Waals surface area contributed by atoms with Crippen LogP contribution < -0.4 is 5.73 Å². The van der Waals surface area contributed by atoms with Crippen molar-refractivity contribution in [1.82, 2.24) is 14.7 Å². The van der Waals surface area contributed by atoms with Gasteiger partial charge in [0, 0.05) is 18.5 Å². The molecule has 0 radical (unpaired) electrons. The number of hydrogen-bond donors (Lipinski definition) is 1. The molecule has 16 heavy (non-hydrogen) atoms. The number of aromatic nitrogens is 2. The van der Waals surface area contributed by atoms with Crippen LogP contribution in [0.2, 0.25) is 0 Å². The van der Waals surface area contributed by atoms with Crippen molar-refractivity contribution in [3.8, 4) is 0 Å². The van der Waals surface area contributed by atoms with Crippen LogP contribution in [0.1, 0.15) is 25.5 Å². The van der Waals surface area contributed by atoms with Gasteiger partial charge in [0.1, 0.15) is 0 Å². The summed E-state index contributed by atoms with van der Waals surface area (Å²) in [6.45, 7) is 6.04. The number of nitrogens with two attached hydrogens (primary N) is 1. The first-order valence-electron chi connectivity index (χ1n) is 5.55. The standard InChI is InChI=1S/C11H21BrN4/c1-8(9(2)13)11-10(12)7-14-16(11)6-5-15(3)4/h7-9H,5-6,13H2,1-4H3. The lowest BCUT2D eigenvalue weighted by Gasteiger charge is -2.19. The van der Waals surface area contributed by atoms with E-state index in [4.69, 9.17) is 5.73 Å². The number of rotatable bonds is 5. The minimum absolute atomic E-state index is 0.131. The van der Waals surface area contributed by atoms with Gasteiger partial charge < -0.3 is 10.6 Å². The highest BCUT2D eigenvalue weighted by Crippen LogP contribution is 2.26. The average Bonchev–Trinajstić information content (AvgIpc) is 2.55. The van der Waals surface area contributed by atoms with E-state index >= 15 is 0 Å². The minimum Gasteiger partial charge on any atom is -0.327 e. The van der Waals surface area contributed by atoms with Crippen LogP contribution in [0.15, 0.2) is 10.7 Å². The molecule has 4 nitrogen and oxygen atoms in total. The Morgan fingerprint density at radius 2 is 2.12 bits per heavy atom. The molecule has 0 aliphatic carbocycles. The van der Waals surface area contributed by atoms with Crippen molar-refractivity contribution in [2.75, 3.05) is 20.6 Å². The number of hydrogen-bond acceptors (Lipinski definition) is 3. The van der Waals surface area contributed by atoms with Crippen LogP contribution in [0, 0.1) is 0 Å². The van der Waals surface area contributed by atoms with E-state index in [2.05, 4.69) is 46.9 Å². The predicted molar refractivity (Wildman–Crippen MR) is 70.5 cm³/mol. The largest absolute Gasteiger partial charge is 0.327 e. The zero-order valence-corrected chi connectivity index (χ0v) is 12.0. The van der Waals surface area contributed by atoms with Crippen molar-refractivity contribution in [3.63, 3.8) is 0 Å². The van der Waals surface area contributed by atoms with Gasteiger partial charge in [0.2, 0.25) is 0 Å². The normalized spacial score (nSPS) is 15.4. The first-order chi connectivity index (χ1) is 7.43. The summed E-state index contributed by atoms with van der Waals surface area (Å²) in [4.78, 5) is 2.15. The zero-order chi connectivity index (χ0) is 12.3. The molecule has 1 heterocycles. The summed E-state index contributed by atoms with van der Waals surface area (Å²) in [5.74, 6) is 0.305. The maximum Gasteiger partial charge on any atom is 0.0635 e. The van der Waals surface area contributed by atoms with Gasteiger partial charge in [-0.3, -0.25) is 4.68 Å². The van der Waals surface area contributed by atoms with Crippen LogP contribution in [0.4, 0.5) is 0 Å². The second-order valence-electron chi connectivity index (χ2n) is 4.55. The molecule has 0 aliphatic rings. The molecule has 5 heteroatoms. The summed E-state index contributed by atoms with van der Waals surface area (Å²) < 4.78 is 3.09. The van der Waals surface area contributed by atoms with Crippen molar-refractivity contribution in [2.45, 2.75) is 32.4 Å². The predicted octanol–water partition coefficient (Wildman–Crippen LogP) is 1.66. The fraction of sp³-hybridized carbons (Fsp3) is 0.727. The van der Waals surface area contributed by atoms with Crippen LogP contribution in [0.5, 0.6) is 0 Å². The van der Waals surface area contributed by atoms with Gasteiger partial charge >= 0.3 is 0 Å². The average molecular weight is 289 g/mol. The Bertz CT molecular complexity index is 333. The molecule has 0 saturated carbocycles. The topological polar surface area (TPSA) is 47.1 Å². The molecule has 0 aliphatic heterocycles. The summed E-state index contributed by atoms with van der Waals surface area (Å²) in [5, 5.41) is 4.38. The van der Waals surface area contributed by atoms with Gasteiger partial charge in [-0.15, -0.1) is 0 Å². The van der Waals surface area contributed by atoms with Crippen molar-refractivity contribution >= 4 is 15.9 Å². The van der Waals surface area contributed by atoms with Crippen molar-refractivity contribution in [2.24, 2.45) is 5.73 Å². The molecule has 0 spiro atoms. The summed E-state index contributed by atoms with van der Waals surface area (Å²) in [6.07, 6.45) is 1.85. The summed E-state index contributed by atoms with van der Waals surface area (Å²) in [7, 11) is 4.13. The van der Waals surface area contributed by atoms with E-state index in [1.165, 1.54) is 5.69 Å². The van der Waals surface area contributed by atoms with Crippen LogP contribution in [-0.4, -0.2) is 41.4 Å². The quantitative estimate of drug-likeness (QED) is 0.896. The second-order valence-corrected chi connectivity index (χ2v) is 5.41. The molecule has 2 N–H and O–H groups in total. The molecular weight excluding hydrogens is 268 g/mol. The monoisotopic (exact) mass is 288 g/mol. The van der Waals surface area contributed by atoms with E-state index in [1.807, 2.05) is 17.8 Å². The second kappa shape index (κ2) is 5.80. The smallest absolute Gasteiger partial charge is 0.0635 e. The third kappa shape index (κ3) is 3.30. The minimum atomic E-state index is 0.131. The molecule has 0 aromatic carbocycles. The number of nitrogens with zero attached hydrogens (tertiary/aromatic N) is 3. The van der Waals surface area contributed by atoms with Crippen molar-refractivity contribution in [3.05, 3.63) is 16.4 Å². The van der Waals surface area contributed by atoms with Crippen molar-refractivity contribution < 1.29 is 0 Å². The van der Waals surface area contributed by atoms with Gasteiger partial charge in [-0.05, 0) is 36.9 Å². The van der Waals surface area contributed by atoms with Crippen LogP contribution in [0.25, 0.3) is 0 Å². The fourth-order valence-electron chi connectivity index (χ4n) is 1.55. The Labute approximate surface area is 106 Å². The van der Waals surface area contributed by atoms with E-state index in [9.17, 15) is 0 Å². The molecular formula is C11H21BrN4. The van der Waals surface area contributed by atoms with E-state index < -0.39 is 0 Å². The molecule has 1 aromatic heterocycles. The molecule has 0 amide bonds. The summed E-state index contributed by atoms with van der Waals surface area (Å²) in [6, 6.07) is 0.131. The van der Waals surface area contributed by atoms with Gasteiger partial charge in [-0.25, -0.2) is 0 Å². The van der Waals surface area contributed by atoms with Gasteiger partial charge in [0.25, 0.3) is 0 Å². The molecule has 2 atom stereocenters. The number of halogens is 1. The lowest BCUT2D eigenvalue weighted by molar-refractivity contribution is 0.365. The first-order valence-corrected chi connectivity index (χ1v) is 6.34. The van der Waals surface area contributed by atoms with E-state index in [0.29, 0.717) is 5.92 Å². The van der Waals surface area contributed by atoms with Crippen LogP contribution in [-0.2, 0) is 6.54 Å². The maximum atomic E-state index is 5.95. The lowest BCUT2D eigenvalue weighted by Crippen LogP contribution is -2.27. The molecule has 1 aromatic rings. The first kappa shape index (κ1) is 13.7. The third-order valence-corrected chi connectivity index (χ3v) is 3.42. The highest BCUT2D eigenvalue weighted by molar-refractivity contribution is 9.10. The Kier molecular flexibility index (Phi) is 4.95. The Balaban J connectivity index is 2.85. The molecule has 2 unspecified atom stereocenters. The fourth-order valence-corrected chi connectivity index (χ4v) is 2.20. The molecule has 1 rings (SSSR count). The third-order valence-electron chi connectivity index (χ3n) is 2.81. The summed E-state index contributed by atoms with van der Waals surface area (Å²) in [5.41, 5.74) is 7.14. The van der Waals surface area contributed by atoms with Crippen molar-refractivity contribution in [1.29, 1.82) is 0 Å². The van der Waals surface area contributed by atoms with Gasteiger partial charge in [-0.1, -0.05) is 6.92 Å². The Morgan fingerprint density at radius 3 is 2.62 bits per heavy atom. The summed E-state index contributed by atoms with van der Waals surface area (Å²) >= 11 is 3.54. The molecule has 0 fully saturated rings. The van der Waals surface area contributed by atoms with Gasteiger partial charge in [0.05, 0.1) is 22.9 Å². The van der Waals surface area contributed by atoms with E-state index in [1.54, 1.807) is 0 Å². The highest BCUT2D eigenvalue weighted by atomic mass is 79.9. The number of likely N-dealkylation sites (N-methyl/N-ethyl adjacent to an activating group) is 1. The zero-order valence-electron chi connectivity index (χ0n) is 10.4. The van der Waals surface area contributed by atoms with Gasteiger partial charge in [0.15, 0.2) is 0 Å². The Hall–Kier alpha value is -0.390. The van der Waals surface area contributed by atoms with E-state index in [0.717, 1.165) is 17.6 Å². The SMILES string of the molecule is CC(N)C(C)c1c(Br)cnn1CCN(C)C. The van der Waals surface area contributed by atoms with E-state index in [-0.39, 0.29) is 6.04 Å². The molecule has 0 saturated heterocycles.